The van der Waals surface area contributed by atoms with Gasteiger partial charge in [-0.1, -0.05) is 29.8 Å². The zero-order valence-electron chi connectivity index (χ0n) is 13.6. The second kappa shape index (κ2) is 6.55. The van der Waals surface area contributed by atoms with Crippen molar-refractivity contribution in [1.29, 1.82) is 0 Å². The van der Waals surface area contributed by atoms with Gasteiger partial charge in [0.25, 0.3) is 5.56 Å². The lowest BCUT2D eigenvalue weighted by Crippen LogP contribution is -2.27. The quantitative estimate of drug-likeness (QED) is 0.667. The van der Waals surface area contributed by atoms with Crippen molar-refractivity contribution in [2.24, 2.45) is 4.99 Å². The summed E-state index contributed by atoms with van der Waals surface area (Å²) in [6.45, 7) is 0.735. The maximum atomic E-state index is 12.4. The van der Waals surface area contributed by atoms with Crippen LogP contribution in [0.5, 0.6) is 5.88 Å². The number of nitrogens with zero attached hydrogens (tertiary/aromatic N) is 2. The molecule has 2 heterocycles. The first-order valence-electron chi connectivity index (χ1n) is 8.03. The van der Waals surface area contributed by atoms with Crippen LogP contribution in [0.3, 0.4) is 0 Å². The molecule has 2 N–H and O–H groups in total. The maximum Gasteiger partial charge on any atom is 0.262 e. The largest absolute Gasteiger partial charge is 0.494 e. The minimum atomic E-state index is -0.451. The van der Waals surface area contributed by atoms with E-state index in [9.17, 15) is 9.90 Å². The molecule has 0 saturated heterocycles. The molecule has 5 nitrogen and oxygen atoms in total. The molecule has 4 rings (SSSR count). The van der Waals surface area contributed by atoms with Gasteiger partial charge in [0.15, 0.2) is 4.77 Å². The van der Waals surface area contributed by atoms with Crippen molar-refractivity contribution in [2.45, 2.75) is 6.42 Å². The summed E-state index contributed by atoms with van der Waals surface area (Å²) in [5.41, 5.74) is 1.42. The van der Waals surface area contributed by atoms with E-state index in [1.54, 1.807) is 30.3 Å². The SMILES string of the molecule is O=c1[nH]c(=S)n(-c2ccc(Cl)cc2)c(O)c1/C=c1/cccc2c1=NCC2. The summed E-state index contributed by atoms with van der Waals surface area (Å²) >= 11 is 11.2. The summed E-state index contributed by atoms with van der Waals surface area (Å²) in [6, 6.07) is 12.6. The summed E-state index contributed by atoms with van der Waals surface area (Å²) < 4.78 is 1.51. The Hall–Kier alpha value is -2.70. The van der Waals surface area contributed by atoms with Gasteiger partial charge in [-0.25, -0.2) is 0 Å². The highest BCUT2D eigenvalue weighted by Gasteiger charge is 2.13. The minimum absolute atomic E-state index is 0.106. The highest BCUT2D eigenvalue weighted by atomic mass is 35.5. The van der Waals surface area contributed by atoms with E-state index in [4.69, 9.17) is 23.8 Å². The smallest absolute Gasteiger partial charge is 0.262 e. The number of aromatic hydroxyl groups is 1. The summed E-state index contributed by atoms with van der Waals surface area (Å²) in [7, 11) is 0. The number of aromatic amines is 1. The molecule has 0 atom stereocenters. The zero-order valence-corrected chi connectivity index (χ0v) is 15.1. The van der Waals surface area contributed by atoms with Crippen molar-refractivity contribution < 1.29 is 5.11 Å². The molecule has 0 spiro atoms. The highest BCUT2D eigenvalue weighted by molar-refractivity contribution is 7.71. The molecule has 0 saturated carbocycles. The van der Waals surface area contributed by atoms with E-state index in [1.807, 2.05) is 18.2 Å². The van der Waals surface area contributed by atoms with E-state index in [1.165, 1.54) is 4.57 Å². The monoisotopic (exact) mass is 383 g/mol. The Kier molecular flexibility index (Phi) is 4.22. The zero-order chi connectivity index (χ0) is 18.3. The number of hydrogen-bond acceptors (Lipinski definition) is 4. The van der Waals surface area contributed by atoms with Crippen LogP contribution in [0.4, 0.5) is 0 Å². The summed E-state index contributed by atoms with van der Waals surface area (Å²) in [5, 5.41) is 13.0. The molecule has 1 aliphatic heterocycles. The Labute approximate surface area is 158 Å². The predicted molar refractivity (Wildman–Crippen MR) is 103 cm³/mol. The van der Waals surface area contributed by atoms with Crippen molar-refractivity contribution in [3.8, 4) is 11.6 Å². The summed E-state index contributed by atoms with van der Waals surface area (Å²) in [4.78, 5) is 19.5. The van der Waals surface area contributed by atoms with Crippen molar-refractivity contribution >= 4 is 29.9 Å². The molecule has 0 unspecified atom stereocenters. The second-order valence-electron chi connectivity index (χ2n) is 5.94. The van der Waals surface area contributed by atoms with E-state index in [-0.39, 0.29) is 16.2 Å². The third-order valence-electron chi connectivity index (χ3n) is 4.31. The van der Waals surface area contributed by atoms with Crippen LogP contribution in [0, 0.1) is 4.77 Å². The number of nitrogens with one attached hydrogen (secondary N) is 1. The van der Waals surface area contributed by atoms with Gasteiger partial charge in [0.1, 0.15) is 5.56 Å². The van der Waals surface area contributed by atoms with Crippen LogP contribution in [0.15, 0.2) is 52.3 Å². The van der Waals surface area contributed by atoms with Gasteiger partial charge in [0, 0.05) is 16.8 Å². The van der Waals surface area contributed by atoms with Gasteiger partial charge in [-0.05, 0) is 54.5 Å². The van der Waals surface area contributed by atoms with E-state index in [0.29, 0.717) is 10.7 Å². The van der Waals surface area contributed by atoms with Gasteiger partial charge >= 0.3 is 0 Å². The average molecular weight is 384 g/mol. The van der Waals surface area contributed by atoms with Crippen molar-refractivity contribution in [3.05, 3.63) is 84.3 Å². The lowest BCUT2D eigenvalue weighted by Gasteiger charge is -2.11. The minimum Gasteiger partial charge on any atom is -0.494 e. The number of benzene rings is 2. The fourth-order valence-electron chi connectivity index (χ4n) is 3.06. The molecule has 0 amide bonds. The number of para-hydroxylation sites is 1. The van der Waals surface area contributed by atoms with Crippen LogP contribution in [0.25, 0.3) is 11.8 Å². The summed E-state index contributed by atoms with van der Waals surface area (Å²) in [6.07, 6.45) is 2.53. The first-order chi connectivity index (χ1) is 12.5. The Morgan fingerprint density at radius 3 is 2.77 bits per heavy atom. The van der Waals surface area contributed by atoms with Gasteiger partial charge in [0.05, 0.1) is 11.0 Å². The van der Waals surface area contributed by atoms with Crippen molar-refractivity contribution in [2.75, 3.05) is 6.54 Å². The Bertz CT molecular complexity index is 1240. The average Bonchev–Trinajstić information content (AvgIpc) is 3.09. The van der Waals surface area contributed by atoms with E-state index < -0.39 is 5.56 Å². The third kappa shape index (κ3) is 2.87. The van der Waals surface area contributed by atoms with Crippen LogP contribution in [-0.2, 0) is 6.42 Å². The lowest BCUT2D eigenvalue weighted by molar-refractivity contribution is 0.432. The Morgan fingerprint density at radius 2 is 2.00 bits per heavy atom. The van der Waals surface area contributed by atoms with Gasteiger partial charge in [0.2, 0.25) is 5.88 Å². The number of aromatic nitrogens is 2. The fourth-order valence-corrected chi connectivity index (χ4v) is 3.47. The molecule has 0 aliphatic carbocycles. The topological polar surface area (TPSA) is 70.4 Å². The van der Waals surface area contributed by atoms with E-state index in [0.717, 1.165) is 29.1 Å². The number of halogens is 1. The standard InChI is InChI=1S/C19H14ClN3O2S/c20-13-4-6-14(7-5-13)23-18(25)15(17(24)22-19(23)26)10-12-3-1-2-11-8-9-21-16(11)12/h1-7,10,25H,8-9H2,(H,22,24,26)/b12-10-. The third-order valence-corrected chi connectivity index (χ3v) is 4.84. The van der Waals surface area contributed by atoms with E-state index >= 15 is 0 Å². The van der Waals surface area contributed by atoms with Crippen LogP contribution < -0.4 is 16.1 Å². The molecule has 130 valence electrons. The number of H-pyrrole nitrogens is 1. The molecule has 2 aromatic carbocycles. The molecule has 26 heavy (non-hydrogen) atoms. The Balaban J connectivity index is 2.00. The van der Waals surface area contributed by atoms with Crippen molar-refractivity contribution in [1.82, 2.24) is 9.55 Å². The van der Waals surface area contributed by atoms with Gasteiger partial charge in [-0.15, -0.1) is 0 Å². The molecule has 1 aliphatic rings. The van der Waals surface area contributed by atoms with Crippen LogP contribution in [0.1, 0.15) is 11.1 Å². The molecular weight excluding hydrogens is 370 g/mol. The van der Waals surface area contributed by atoms with Crippen LogP contribution >= 0.6 is 23.8 Å². The first kappa shape index (κ1) is 16.8. The van der Waals surface area contributed by atoms with Gasteiger partial charge in [-0.2, -0.15) is 0 Å². The molecule has 1 aromatic heterocycles. The maximum absolute atomic E-state index is 12.4. The molecule has 7 heteroatoms. The number of fused-ring (bicyclic) bond motifs is 1. The van der Waals surface area contributed by atoms with Crippen LogP contribution in [0.2, 0.25) is 5.02 Å². The molecular formula is C19H14ClN3O2S. The Morgan fingerprint density at radius 1 is 1.23 bits per heavy atom. The number of hydrogen-bond donors (Lipinski definition) is 2. The van der Waals surface area contributed by atoms with Gasteiger partial charge in [-0.3, -0.25) is 19.3 Å². The number of rotatable bonds is 2. The van der Waals surface area contributed by atoms with Gasteiger partial charge < -0.3 is 5.11 Å². The fraction of sp³-hybridized carbons (Fsp3) is 0.105. The second-order valence-corrected chi connectivity index (χ2v) is 6.76. The molecule has 3 aromatic rings. The van der Waals surface area contributed by atoms with E-state index in [2.05, 4.69) is 9.98 Å². The predicted octanol–water partition coefficient (Wildman–Crippen LogP) is 2.26. The summed E-state index contributed by atoms with van der Waals surface area (Å²) in [5.74, 6) is -0.225. The molecule has 0 radical (unpaired) electrons. The normalized spacial score (nSPS) is 13.5. The lowest BCUT2D eigenvalue weighted by atomic mass is 10.1. The first-order valence-corrected chi connectivity index (χ1v) is 8.81. The molecule has 0 fully saturated rings. The highest BCUT2D eigenvalue weighted by Crippen LogP contribution is 2.21. The molecule has 0 bridgehead atoms. The van der Waals surface area contributed by atoms with Crippen LogP contribution in [-0.4, -0.2) is 21.2 Å². The van der Waals surface area contributed by atoms with Crippen molar-refractivity contribution in [3.63, 3.8) is 0 Å².